The van der Waals surface area contributed by atoms with Crippen LogP contribution < -0.4 is 5.32 Å². The number of thiophene rings is 1. The fraction of sp³-hybridized carbons (Fsp3) is 0.143. The van der Waals surface area contributed by atoms with Crippen LogP contribution in [0.1, 0.15) is 0 Å². The molecule has 3 aromatic heterocycles. The summed E-state index contributed by atoms with van der Waals surface area (Å²) in [5.74, 6) is 1.18. The largest absolute Gasteiger partial charge is 0.395 e. The number of nitrogens with zero attached hydrogens (tertiary/aromatic N) is 4. The lowest BCUT2D eigenvalue weighted by molar-refractivity contribution is 0.311. The number of anilines is 1. The summed E-state index contributed by atoms with van der Waals surface area (Å²) in [6, 6.07) is 7.59. The SMILES string of the molecule is OCCNc1nc(-c2cccs2)nnc1-c1ccncc1. The molecule has 3 rings (SSSR count). The molecule has 0 aromatic carbocycles. The van der Waals surface area contributed by atoms with Crippen molar-refractivity contribution in [2.75, 3.05) is 18.5 Å². The van der Waals surface area contributed by atoms with E-state index in [0.29, 0.717) is 23.9 Å². The van der Waals surface area contributed by atoms with Gasteiger partial charge < -0.3 is 10.4 Å². The fourth-order valence-electron chi connectivity index (χ4n) is 1.84. The highest BCUT2D eigenvalue weighted by atomic mass is 32.1. The Balaban J connectivity index is 2.03. The lowest BCUT2D eigenvalue weighted by Gasteiger charge is -2.09. The monoisotopic (exact) mass is 299 g/mol. The maximum atomic E-state index is 9.01. The van der Waals surface area contributed by atoms with Crippen molar-refractivity contribution in [3.8, 4) is 22.0 Å². The number of aromatic nitrogens is 4. The van der Waals surface area contributed by atoms with Crippen molar-refractivity contribution in [2.45, 2.75) is 0 Å². The first-order valence-electron chi connectivity index (χ1n) is 6.42. The van der Waals surface area contributed by atoms with E-state index >= 15 is 0 Å². The van der Waals surface area contributed by atoms with E-state index in [1.165, 1.54) is 0 Å². The molecule has 0 bridgehead atoms. The Bertz CT molecular complexity index is 703. The van der Waals surface area contributed by atoms with Crippen LogP contribution in [0.15, 0.2) is 42.0 Å². The third kappa shape index (κ3) is 3.04. The molecule has 6 nitrogen and oxygen atoms in total. The zero-order chi connectivity index (χ0) is 14.5. The van der Waals surface area contributed by atoms with E-state index in [-0.39, 0.29) is 6.61 Å². The Morgan fingerprint density at radius 3 is 2.71 bits per heavy atom. The standard InChI is InChI=1S/C14H13N5OS/c20-8-7-16-14-12(10-3-5-15-6-4-10)18-19-13(17-14)11-2-1-9-21-11/h1-6,9,20H,7-8H2,(H,16,17,19). The minimum absolute atomic E-state index is 0.0219. The molecule has 0 radical (unpaired) electrons. The summed E-state index contributed by atoms with van der Waals surface area (Å²) in [4.78, 5) is 9.47. The van der Waals surface area contributed by atoms with Gasteiger partial charge in [0.2, 0.25) is 0 Å². The smallest absolute Gasteiger partial charge is 0.193 e. The molecule has 0 aliphatic rings. The van der Waals surface area contributed by atoms with Gasteiger partial charge in [0.05, 0.1) is 11.5 Å². The Morgan fingerprint density at radius 1 is 1.14 bits per heavy atom. The second-order valence-electron chi connectivity index (χ2n) is 4.20. The molecule has 106 valence electrons. The van der Waals surface area contributed by atoms with E-state index in [1.54, 1.807) is 23.7 Å². The van der Waals surface area contributed by atoms with Crippen LogP contribution >= 0.6 is 11.3 Å². The number of aliphatic hydroxyl groups excluding tert-OH is 1. The highest BCUT2D eigenvalue weighted by Crippen LogP contribution is 2.27. The summed E-state index contributed by atoms with van der Waals surface area (Å²) in [5.41, 5.74) is 1.52. The molecule has 0 saturated carbocycles. The molecule has 0 aliphatic heterocycles. The summed E-state index contributed by atoms with van der Waals surface area (Å²) in [5, 5.41) is 22.5. The van der Waals surface area contributed by atoms with E-state index in [2.05, 4.69) is 25.5 Å². The van der Waals surface area contributed by atoms with Gasteiger partial charge in [0.15, 0.2) is 11.6 Å². The first-order chi connectivity index (χ1) is 10.4. The minimum Gasteiger partial charge on any atom is -0.395 e. The van der Waals surface area contributed by atoms with E-state index in [1.807, 2.05) is 29.6 Å². The Hall–Kier alpha value is -2.38. The van der Waals surface area contributed by atoms with Gasteiger partial charge in [-0.1, -0.05) is 6.07 Å². The first kappa shape index (κ1) is 13.6. The third-order valence-electron chi connectivity index (χ3n) is 2.79. The molecule has 21 heavy (non-hydrogen) atoms. The number of aliphatic hydroxyl groups is 1. The van der Waals surface area contributed by atoms with Crippen LogP contribution in [-0.4, -0.2) is 38.4 Å². The summed E-state index contributed by atoms with van der Waals surface area (Å²) in [7, 11) is 0. The average molecular weight is 299 g/mol. The van der Waals surface area contributed by atoms with Crippen LogP contribution in [0.4, 0.5) is 5.82 Å². The molecule has 0 amide bonds. The maximum absolute atomic E-state index is 9.01. The van der Waals surface area contributed by atoms with Crippen LogP contribution in [0.2, 0.25) is 0 Å². The van der Waals surface area contributed by atoms with Crippen LogP contribution in [0.5, 0.6) is 0 Å². The van der Waals surface area contributed by atoms with Gasteiger partial charge in [-0.05, 0) is 23.6 Å². The van der Waals surface area contributed by atoms with E-state index in [9.17, 15) is 0 Å². The molecule has 0 spiro atoms. The van der Waals surface area contributed by atoms with Crippen molar-refractivity contribution in [3.05, 3.63) is 42.0 Å². The Kier molecular flexibility index (Phi) is 4.13. The zero-order valence-electron chi connectivity index (χ0n) is 11.1. The van der Waals surface area contributed by atoms with Crippen LogP contribution in [0.3, 0.4) is 0 Å². The molecule has 0 unspecified atom stereocenters. The van der Waals surface area contributed by atoms with Gasteiger partial charge in [-0.3, -0.25) is 4.98 Å². The van der Waals surface area contributed by atoms with Crippen molar-refractivity contribution in [2.24, 2.45) is 0 Å². The van der Waals surface area contributed by atoms with E-state index in [4.69, 9.17) is 5.11 Å². The molecule has 0 atom stereocenters. The van der Waals surface area contributed by atoms with Gasteiger partial charge in [-0.25, -0.2) is 4.98 Å². The molecule has 3 heterocycles. The predicted octanol–water partition coefficient (Wildman–Crippen LogP) is 2.07. The average Bonchev–Trinajstić information content (AvgIpc) is 3.08. The number of nitrogens with one attached hydrogen (secondary N) is 1. The van der Waals surface area contributed by atoms with Gasteiger partial charge in [-0.15, -0.1) is 21.5 Å². The lowest BCUT2D eigenvalue weighted by Crippen LogP contribution is -2.10. The van der Waals surface area contributed by atoms with Crippen LogP contribution in [0.25, 0.3) is 22.0 Å². The van der Waals surface area contributed by atoms with E-state index in [0.717, 1.165) is 10.4 Å². The summed E-state index contributed by atoms with van der Waals surface area (Å²) in [6.07, 6.45) is 3.39. The van der Waals surface area contributed by atoms with Gasteiger partial charge in [0, 0.05) is 24.5 Å². The second kappa shape index (κ2) is 6.38. The molecule has 7 heteroatoms. The van der Waals surface area contributed by atoms with Gasteiger partial charge in [0.25, 0.3) is 0 Å². The Labute approximate surface area is 125 Å². The highest BCUT2D eigenvalue weighted by molar-refractivity contribution is 7.13. The quantitative estimate of drug-likeness (QED) is 0.750. The maximum Gasteiger partial charge on any atom is 0.193 e. The summed E-state index contributed by atoms with van der Waals surface area (Å²) < 4.78 is 0. The number of hydrogen-bond acceptors (Lipinski definition) is 7. The normalized spacial score (nSPS) is 10.5. The molecule has 2 N–H and O–H groups in total. The second-order valence-corrected chi connectivity index (χ2v) is 5.14. The molecule has 0 aliphatic carbocycles. The predicted molar refractivity (Wildman–Crippen MR) is 81.9 cm³/mol. The van der Waals surface area contributed by atoms with Crippen molar-refractivity contribution >= 4 is 17.2 Å². The first-order valence-corrected chi connectivity index (χ1v) is 7.30. The molecule has 0 saturated heterocycles. The Morgan fingerprint density at radius 2 is 2.00 bits per heavy atom. The third-order valence-corrected chi connectivity index (χ3v) is 3.65. The number of pyridine rings is 1. The van der Waals surface area contributed by atoms with Gasteiger partial charge in [-0.2, -0.15) is 0 Å². The van der Waals surface area contributed by atoms with Crippen molar-refractivity contribution in [1.29, 1.82) is 0 Å². The summed E-state index contributed by atoms with van der Waals surface area (Å²) in [6.45, 7) is 0.425. The lowest BCUT2D eigenvalue weighted by atomic mass is 10.2. The molecule has 0 fully saturated rings. The van der Waals surface area contributed by atoms with Gasteiger partial charge >= 0.3 is 0 Å². The highest BCUT2D eigenvalue weighted by Gasteiger charge is 2.12. The van der Waals surface area contributed by atoms with E-state index < -0.39 is 0 Å². The fourth-order valence-corrected chi connectivity index (χ4v) is 2.49. The van der Waals surface area contributed by atoms with Crippen molar-refractivity contribution in [1.82, 2.24) is 20.2 Å². The molecular formula is C14H13N5OS. The number of hydrogen-bond donors (Lipinski definition) is 2. The molecule has 3 aromatic rings. The van der Waals surface area contributed by atoms with Gasteiger partial charge in [0.1, 0.15) is 5.69 Å². The van der Waals surface area contributed by atoms with Crippen molar-refractivity contribution < 1.29 is 5.11 Å². The summed E-state index contributed by atoms with van der Waals surface area (Å²) >= 11 is 1.56. The number of rotatable bonds is 5. The van der Waals surface area contributed by atoms with Crippen LogP contribution in [0, 0.1) is 0 Å². The van der Waals surface area contributed by atoms with Crippen LogP contribution in [-0.2, 0) is 0 Å². The van der Waals surface area contributed by atoms with Crippen molar-refractivity contribution in [3.63, 3.8) is 0 Å². The minimum atomic E-state index is 0.0219. The topological polar surface area (TPSA) is 83.8 Å². The zero-order valence-corrected chi connectivity index (χ0v) is 11.9. The molecular weight excluding hydrogens is 286 g/mol.